The maximum Gasteiger partial charge on any atom is 0.416 e. The van der Waals surface area contributed by atoms with Crippen molar-refractivity contribution in [3.8, 4) is 5.69 Å². The fourth-order valence-corrected chi connectivity index (χ4v) is 4.71. The number of aromatic nitrogens is 5. The first-order valence-electron chi connectivity index (χ1n) is 12.4. The first kappa shape index (κ1) is 27.0. The van der Waals surface area contributed by atoms with Crippen molar-refractivity contribution in [3.05, 3.63) is 65.7 Å². The van der Waals surface area contributed by atoms with E-state index in [1.165, 1.54) is 25.4 Å². The summed E-state index contributed by atoms with van der Waals surface area (Å²) in [6.07, 6.45) is -2.05. The first-order valence-corrected chi connectivity index (χ1v) is 12.4. The molecular weight excluding hydrogens is 529 g/mol. The van der Waals surface area contributed by atoms with E-state index >= 15 is 0 Å². The van der Waals surface area contributed by atoms with E-state index in [2.05, 4.69) is 20.3 Å². The fraction of sp³-hybridized carbons (Fsp3) is 0.308. The van der Waals surface area contributed by atoms with Gasteiger partial charge in [0.2, 0.25) is 0 Å². The second kappa shape index (κ2) is 10.5. The number of aliphatic hydroxyl groups is 1. The average Bonchev–Trinajstić information content (AvgIpc) is 3.33. The van der Waals surface area contributed by atoms with Gasteiger partial charge < -0.3 is 21.1 Å². The lowest BCUT2D eigenvalue weighted by Crippen LogP contribution is -2.42. The smallest absolute Gasteiger partial charge is 0.384 e. The summed E-state index contributed by atoms with van der Waals surface area (Å²) in [5.41, 5.74) is 7.80. The van der Waals surface area contributed by atoms with E-state index in [0.717, 1.165) is 18.3 Å². The van der Waals surface area contributed by atoms with Gasteiger partial charge in [-0.25, -0.2) is 19.6 Å². The number of halogens is 3. The predicted molar refractivity (Wildman–Crippen MR) is 139 cm³/mol. The van der Waals surface area contributed by atoms with Gasteiger partial charge in [0.1, 0.15) is 29.3 Å². The number of hydrogen-bond donors (Lipinski definition) is 3. The van der Waals surface area contributed by atoms with Crippen LogP contribution in [0.15, 0.2) is 48.9 Å². The second-order valence-electron chi connectivity index (χ2n) is 9.46. The molecule has 1 fully saturated rings. The summed E-state index contributed by atoms with van der Waals surface area (Å²) >= 11 is 0. The molecule has 1 saturated heterocycles. The molecule has 1 aliphatic heterocycles. The Labute approximate surface area is 225 Å². The summed E-state index contributed by atoms with van der Waals surface area (Å²) in [7, 11) is 0. The highest BCUT2D eigenvalue weighted by Gasteiger charge is 2.31. The van der Waals surface area contributed by atoms with Gasteiger partial charge in [-0.1, -0.05) is 0 Å². The zero-order valence-corrected chi connectivity index (χ0v) is 21.3. The van der Waals surface area contributed by atoms with Crippen molar-refractivity contribution in [2.75, 3.05) is 24.1 Å². The van der Waals surface area contributed by atoms with Crippen molar-refractivity contribution in [1.82, 2.24) is 29.6 Å². The number of nitrogens with one attached hydrogen (secondary N) is 1. The van der Waals surface area contributed by atoms with Crippen LogP contribution < -0.4 is 11.1 Å². The molecule has 1 aromatic carbocycles. The van der Waals surface area contributed by atoms with Crippen LogP contribution in [0.2, 0.25) is 0 Å². The molecule has 11 nitrogen and oxygen atoms in total. The number of pyridine rings is 1. The molecule has 0 aliphatic carbocycles. The minimum atomic E-state index is -4.56. The molecule has 0 spiro atoms. The van der Waals surface area contributed by atoms with Crippen LogP contribution >= 0.6 is 0 Å². The van der Waals surface area contributed by atoms with Crippen LogP contribution in [-0.2, 0) is 11.0 Å². The maximum absolute atomic E-state index is 13.0. The molecule has 14 heteroatoms. The Bertz CT molecular complexity index is 1560. The Morgan fingerprint density at radius 1 is 1.10 bits per heavy atom. The highest BCUT2D eigenvalue weighted by Crippen LogP contribution is 2.34. The molecule has 0 saturated carbocycles. The van der Waals surface area contributed by atoms with Gasteiger partial charge in [-0.2, -0.15) is 18.3 Å². The number of nitrogens with two attached hydrogens (primary N) is 1. The fourth-order valence-electron chi connectivity index (χ4n) is 4.71. The standard InChI is InChI=1S/C26H25F3N8O3/c1-14(38)25(40)36-10-7-15(8-11-36)20-21-22(23(30)33-13-32-21)37(35-20)18-4-2-16(3-5-18)24(39)34-19-12-17(6-9-31-19)26(27,28)29/h2-6,9,12-15,38H,7-8,10-11H2,1H3,(H2,30,32,33)(H,31,34,39)/t14-/m1/s1. The van der Waals surface area contributed by atoms with Gasteiger partial charge in [0.25, 0.3) is 11.8 Å². The van der Waals surface area contributed by atoms with E-state index in [4.69, 9.17) is 10.8 Å². The van der Waals surface area contributed by atoms with Crippen LogP contribution in [0, 0.1) is 0 Å². The topological polar surface area (TPSA) is 152 Å². The molecule has 4 heterocycles. The monoisotopic (exact) mass is 554 g/mol. The Balaban J connectivity index is 1.39. The molecule has 3 aromatic heterocycles. The predicted octanol–water partition coefficient (Wildman–Crippen LogP) is 3.15. The molecular formula is C26H25F3N8O3. The number of benzene rings is 1. The molecule has 1 aliphatic rings. The zero-order valence-electron chi connectivity index (χ0n) is 21.3. The quantitative estimate of drug-likeness (QED) is 0.340. The Morgan fingerprint density at radius 3 is 2.45 bits per heavy atom. The minimum Gasteiger partial charge on any atom is -0.384 e. The van der Waals surface area contributed by atoms with Crippen LogP contribution in [0.25, 0.3) is 16.7 Å². The SMILES string of the molecule is C[C@@H](O)C(=O)N1CCC(c2nn(-c3ccc(C(=O)Nc4cc(C(F)(F)F)ccn4)cc3)c3c(N)ncnc23)CC1. The highest BCUT2D eigenvalue weighted by atomic mass is 19.4. The van der Waals surface area contributed by atoms with Gasteiger partial charge in [-0.05, 0) is 56.2 Å². The largest absolute Gasteiger partial charge is 0.416 e. The summed E-state index contributed by atoms with van der Waals surface area (Å²) < 4.78 is 40.5. The summed E-state index contributed by atoms with van der Waals surface area (Å²) in [4.78, 5) is 38.8. The number of alkyl halides is 3. The van der Waals surface area contributed by atoms with Crippen molar-refractivity contribution < 1.29 is 27.9 Å². The number of fused-ring (bicyclic) bond motifs is 1. The minimum absolute atomic E-state index is 0.0129. The van der Waals surface area contributed by atoms with Gasteiger partial charge in [0, 0.05) is 30.8 Å². The van der Waals surface area contributed by atoms with Crippen molar-refractivity contribution in [3.63, 3.8) is 0 Å². The number of aliphatic hydroxyl groups excluding tert-OH is 1. The molecule has 0 bridgehead atoms. The number of likely N-dealkylation sites (tertiary alicyclic amines) is 1. The van der Waals surface area contributed by atoms with Crippen LogP contribution in [0.5, 0.6) is 0 Å². The Kier molecular flexibility index (Phi) is 7.10. The van der Waals surface area contributed by atoms with E-state index in [1.807, 2.05) is 0 Å². The third-order valence-electron chi connectivity index (χ3n) is 6.77. The summed E-state index contributed by atoms with van der Waals surface area (Å²) in [5, 5.41) is 16.8. The van der Waals surface area contributed by atoms with Crippen LogP contribution in [0.3, 0.4) is 0 Å². The van der Waals surface area contributed by atoms with Gasteiger partial charge in [-0.3, -0.25) is 9.59 Å². The van der Waals surface area contributed by atoms with Gasteiger partial charge in [0.15, 0.2) is 5.82 Å². The van der Waals surface area contributed by atoms with Gasteiger partial charge in [0.05, 0.1) is 16.9 Å². The average molecular weight is 555 g/mol. The van der Waals surface area contributed by atoms with Crippen molar-refractivity contribution >= 4 is 34.5 Å². The van der Waals surface area contributed by atoms with E-state index in [0.29, 0.717) is 48.3 Å². The molecule has 4 aromatic rings. The molecule has 208 valence electrons. The van der Waals surface area contributed by atoms with Gasteiger partial charge >= 0.3 is 6.18 Å². The third-order valence-corrected chi connectivity index (χ3v) is 6.77. The summed E-state index contributed by atoms with van der Waals surface area (Å²) in [6.45, 7) is 2.38. The molecule has 5 rings (SSSR count). The molecule has 0 unspecified atom stereocenters. The molecule has 0 radical (unpaired) electrons. The third kappa shape index (κ3) is 5.30. The van der Waals surface area contributed by atoms with Crippen LogP contribution in [0.4, 0.5) is 24.8 Å². The summed E-state index contributed by atoms with van der Waals surface area (Å²) in [6, 6.07) is 7.84. The van der Waals surface area contributed by atoms with E-state index in [1.54, 1.807) is 21.7 Å². The number of anilines is 2. The van der Waals surface area contributed by atoms with Crippen LogP contribution in [0.1, 0.15) is 47.3 Å². The van der Waals surface area contributed by atoms with Crippen LogP contribution in [-0.4, -0.2) is 65.7 Å². The normalized spacial score (nSPS) is 15.3. The molecule has 2 amide bonds. The number of carbonyl (C=O) groups is 2. The van der Waals surface area contributed by atoms with Crippen molar-refractivity contribution in [2.45, 2.75) is 38.0 Å². The Hall–Kier alpha value is -4.59. The van der Waals surface area contributed by atoms with Crippen molar-refractivity contribution in [2.24, 2.45) is 0 Å². The van der Waals surface area contributed by atoms with E-state index < -0.39 is 23.8 Å². The van der Waals surface area contributed by atoms with E-state index in [9.17, 15) is 27.9 Å². The number of amides is 2. The summed E-state index contributed by atoms with van der Waals surface area (Å²) in [5.74, 6) is -0.971. The van der Waals surface area contributed by atoms with E-state index in [-0.39, 0.29) is 29.0 Å². The lowest BCUT2D eigenvalue weighted by atomic mass is 9.92. The first-order chi connectivity index (χ1) is 19.0. The Morgan fingerprint density at radius 2 is 1.80 bits per heavy atom. The number of hydrogen-bond acceptors (Lipinski definition) is 8. The zero-order chi connectivity index (χ0) is 28.6. The lowest BCUT2D eigenvalue weighted by Gasteiger charge is -2.32. The maximum atomic E-state index is 13.0. The molecule has 40 heavy (non-hydrogen) atoms. The number of piperidine rings is 1. The van der Waals surface area contributed by atoms with Crippen molar-refractivity contribution in [1.29, 1.82) is 0 Å². The highest BCUT2D eigenvalue weighted by molar-refractivity contribution is 6.04. The second-order valence-corrected chi connectivity index (χ2v) is 9.46. The molecule has 4 N–H and O–H groups in total. The number of carbonyl (C=O) groups excluding carboxylic acids is 2. The number of rotatable bonds is 5. The number of nitrogens with zero attached hydrogens (tertiary/aromatic N) is 6. The number of nitrogen functional groups attached to an aromatic ring is 1. The molecule has 1 atom stereocenters. The van der Waals surface area contributed by atoms with Gasteiger partial charge in [-0.15, -0.1) is 0 Å². The lowest BCUT2D eigenvalue weighted by molar-refractivity contribution is -0.140.